The van der Waals surface area contributed by atoms with Crippen molar-refractivity contribution in [2.45, 2.75) is 19.8 Å². The zero-order valence-corrected chi connectivity index (χ0v) is 11.7. The Morgan fingerprint density at radius 3 is 2.90 bits per heavy atom. The fourth-order valence-corrected chi connectivity index (χ4v) is 2.53. The lowest BCUT2D eigenvalue weighted by Gasteiger charge is -2.30. The van der Waals surface area contributed by atoms with Crippen LogP contribution in [0, 0.1) is 5.92 Å². The second-order valence-electron chi connectivity index (χ2n) is 5.33. The van der Waals surface area contributed by atoms with Crippen LogP contribution in [0.2, 0.25) is 0 Å². The number of benzene rings is 1. The first-order valence-electron chi connectivity index (χ1n) is 7.08. The predicted octanol–water partition coefficient (Wildman–Crippen LogP) is 2.85. The van der Waals surface area contributed by atoms with Crippen LogP contribution in [0.1, 0.15) is 19.8 Å². The van der Waals surface area contributed by atoms with Crippen LogP contribution >= 0.6 is 0 Å². The minimum atomic E-state index is 0.693. The predicted molar refractivity (Wildman–Crippen MR) is 80.2 cm³/mol. The minimum Gasteiger partial charge on any atom is -0.339 e. The van der Waals surface area contributed by atoms with Gasteiger partial charge in [-0.1, -0.05) is 25.1 Å². The van der Waals surface area contributed by atoms with Crippen LogP contribution in [0.4, 0.5) is 17.5 Å². The Hall–Kier alpha value is -2.17. The molecule has 1 aromatic carbocycles. The van der Waals surface area contributed by atoms with E-state index in [0.29, 0.717) is 5.92 Å². The van der Waals surface area contributed by atoms with E-state index in [1.807, 2.05) is 30.3 Å². The SMILES string of the molecule is CC1CCCN(c2nncc(Nc3ccccc3)n2)C1. The number of piperidine rings is 1. The summed E-state index contributed by atoms with van der Waals surface area (Å²) < 4.78 is 0. The average molecular weight is 269 g/mol. The van der Waals surface area contributed by atoms with Crippen LogP contribution in [0.5, 0.6) is 0 Å². The highest BCUT2D eigenvalue weighted by Crippen LogP contribution is 2.21. The minimum absolute atomic E-state index is 0.693. The highest BCUT2D eigenvalue weighted by molar-refractivity contribution is 5.55. The summed E-state index contributed by atoms with van der Waals surface area (Å²) in [5, 5.41) is 11.5. The number of hydrogen-bond acceptors (Lipinski definition) is 5. The average Bonchev–Trinajstić information content (AvgIpc) is 2.49. The van der Waals surface area contributed by atoms with Crippen molar-refractivity contribution in [3.05, 3.63) is 36.5 Å². The van der Waals surface area contributed by atoms with Crippen molar-refractivity contribution in [3.8, 4) is 0 Å². The highest BCUT2D eigenvalue weighted by atomic mass is 15.3. The van der Waals surface area contributed by atoms with Gasteiger partial charge in [0.05, 0.1) is 6.20 Å². The molecule has 1 atom stereocenters. The van der Waals surface area contributed by atoms with Crippen molar-refractivity contribution < 1.29 is 0 Å². The van der Waals surface area contributed by atoms with E-state index in [2.05, 4.69) is 32.3 Å². The van der Waals surface area contributed by atoms with Crippen LogP contribution in [0.3, 0.4) is 0 Å². The summed E-state index contributed by atoms with van der Waals surface area (Å²) in [6.45, 7) is 4.29. The topological polar surface area (TPSA) is 53.9 Å². The molecule has 2 heterocycles. The van der Waals surface area contributed by atoms with Crippen molar-refractivity contribution in [1.29, 1.82) is 0 Å². The maximum absolute atomic E-state index is 4.57. The van der Waals surface area contributed by atoms with E-state index in [9.17, 15) is 0 Å². The second-order valence-corrected chi connectivity index (χ2v) is 5.33. The Morgan fingerprint density at radius 2 is 2.10 bits per heavy atom. The first-order chi connectivity index (χ1) is 9.81. The molecule has 1 saturated heterocycles. The molecule has 0 bridgehead atoms. The summed E-state index contributed by atoms with van der Waals surface area (Å²) in [6.07, 6.45) is 4.14. The molecule has 1 aromatic heterocycles. The third kappa shape index (κ3) is 3.04. The Labute approximate surface area is 119 Å². The van der Waals surface area contributed by atoms with E-state index in [1.165, 1.54) is 12.8 Å². The highest BCUT2D eigenvalue weighted by Gasteiger charge is 2.19. The molecule has 1 fully saturated rings. The lowest BCUT2D eigenvalue weighted by molar-refractivity contribution is 0.441. The number of anilines is 3. The smallest absolute Gasteiger partial charge is 0.247 e. The Bertz CT molecular complexity index is 557. The normalized spacial score (nSPS) is 18.9. The zero-order valence-electron chi connectivity index (χ0n) is 11.7. The molecular weight excluding hydrogens is 250 g/mol. The van der Waals surface area contributed by atoms with E-state index in [1.54, 1.807) is 6.20 Å². The molecule has 3 rings (SSSR count). The first kappa shape index (κ1) is 12.8. The molecule has 20 heavy (non-hydrogen) atoms. The molecule has 1 unspecified atom stereocenters. The van der Waals surface area contributed by atoms with Crippen LogP contribution in [-0.4, -0.2) is 28.3 Å². The van der Waals surface area contributed by atoms with Gasteiger partial charge in [0.2, 0.25) is 5.95 Å². The second kappa shape index (κ2) is 5.86. The molecule has 0 saturated carbocycles. The molecule has 0 radical (unpaired) electrons. The Balaban J connectivity index is 1.75. The van der Waals surface area contributed by atoms with Crippen molar-refractivity contribution >= 4 is 17.5 Å². The summed E-state index contributed by atoms with van der Waals surface area (Å²) in [4.78, 5) is 6.79. The van der Waals surface area contributed by atoms with Gasteiger partial charge in [-0.15, -0.1) is 5.10 Å². The van der Waals surface area contributed by atoms with Gasteiger partial charge in [0.1, 0.15) is 0 Å². The number of nitrogens with zero attached hydrogens (tertiary/aromatic N) is 4. The van der Waals surface area contributed by atoms with Gasteiger partial charge in [0.15, 0.2) is 5.82 Å². The molecule has 1 N–H and O–H groups in total. The molecule has 0 amide bonds. The molecular formula is C15H19N5. The molecule has 1 aliphatic heterocycles. The molecule has 2 aromatic rings. The summed E-state index contributed by atoms with van der Waals surface area (Å²) in [5.41, 5.74) is 1.01. The maximum Gasteiger partial charge on any atom is 0.247 e. The first-order valence-corrected chi connectivity index (χ1v) is 7.08. The fourth-order valence-electron chi connectivity index (χ4n) is 2.53. The van der Waals surface area contributed by atoms with Gasteiger partial charge in [-0.3, -0.25) is 0 Å². The van der Waals surface area contributed by atoms with E-state index in [0.717, 1.165) is 30.5 Å². The van der Waals surface area contributed by atoms with Gasteiger partial charge in [-0.05, 0) is 30.9 Å². The Kier molecular flexibility index (Phi) is 3.76. The number of hydrogen-bond donors (Lipinski definition) is 1. The molecule has 5 nitrogen and oxygen atoms in total. The quantitative estimate of drug-likeness (QED) is 0.928. The summed E-state index contributed by atoms with van der Waals surface area (Å²) in [6, 6.07) is 9.98. The summed E-state index contributed by atoms with van der Waals surface area (Å²) in [5.74, 6) is 2.15. The van der Waals surface area contributed by atoms with Gasteiger partial charge in [-0.2, -0.15) is 10.1 Å². The maximum atomic E-state index is 4.57. The van der Waals surface area contributed by atoms with Crippen LogP contribution < -0.4 is 10.2 Å². The van der Waals surface area contributed by atoms with Crippen molar-refractivity contribution in [2.24, 2.45) is 5.92 Å². The van der Waals surface area contributed by atoms with Gasteiger partial charge in [0.25, 0.3) is 0 Å². The summed E-state index contributed by atoms with van der Waals surface area (Å²) >= 11 is 0. The van der Waals surface area contributed by atoms with Crippen molar-refractivity contribution in [1.82, 2.24) is 15.2 Å². The van der Waals surface area contributed by atoms with Gasteiger partial charge >= 0.3 is 0 Å². The van der Waals surface area contributed by atoms with E-state index in [-0.39, 0.29) is 0 Å². The molecule has 5 heteroatoms. The van der Waals surface area contributed by atoms with E-state index < -0.39 is 0 Å². The Morgan fingerprint density at radius 1 is 1.25 bits per heavy atom. The number of para-hydroxylation sites is 1. The molecule has 1 aliphatic rings. The van der Waals surface area contributed by atoms with E-state index >= 15 is 0 Å². The van der Waals surface area contributed by atoms with Crippen LogP contribution in [-0.2, 0) is 0 Å². The zero-order chi connectivity index (χ0) is 13.8. The lowest BCUT2D eigenvalue weighted by Crippen LogP contribution is -2.35. The van der Waals surface area contributed by atoms with Crippen molar-refractivity contribution in [2.75, 3.05) is 23.3 Å². The third-order valence-corrected chi connectivity index (χ3v) is 3.53. The fraction of sp³-hybridized carbons (Fsp3) is 0.400. The number of nitrogens with one attached hydrogen (secondary N) is 1. The van der Waals surface area contributed by atoms with E-state index in [4.69, 9.17) is 0 Å². The standard InChI is InChI=1S/C15H19N5/c1-12-6-5-9-20(11-12)15-18-14(10-16-19-15)17-13-7-3-2-4-8-13/h2-4,7-8,10,12H,5-6,9,11H2,1H3,(H,17,18,19). The third-order valence-electron chi connectivity index (χ3n) is 3.53. The van der Waals surface area contributed by atoms with Gasteiger partial charge < -0.3 is 10.2 Å². The van der Waals surface area contributed by atoms with Gasteiger partial charge in [0, 0.05) is 18.8 Å². The summed E-state index contributed by atoms with van der Waals surface area (Å²) in [7, 11) is 0. The lowest BCUT2D eigenvalue weighted by atomic mass is 10.0. The number of aromatic nitrogens is 3. The largest absolute Gasteiger partial charge is 0.339 e. The molecule has 0 aliphatic carbocycles. The monoisotopic (exact) mass is 269 g/mol. The van der Waals surface area contributed by atoms with Crippen molar-refractivity contribution in [3.63, 3.8) is 0 Å². The van der Waals surface area contributed by atoms with Crippen LogP contribution in [0.15, 0.2) is 36.5 Å². The number of rotatable bonds is 3. The molecule has 104 valence electrons. The molecule has 0 spiro atoms. The van der Waals surface area contributed by atoms with Gasteiger partial charge in [-0.25, -0.2) is 0 Å². The van der Waals surface area contributed by atoms with Crippen LogP contribution in [0.25, 0.3) is 0 Å².